The van der Waals surface area contributed by atoms with Crippen molar-refractivity contribution >= 4 is 63.8 Å². The molecule has 0 bridgehead atoms. The lowest BCUT2D eigenvalue weighted by molar-refractivity contribution is -0.150. The van der Waals surface area contributed by atoms with E-state index in [1.54, 1.807) is 42.6 Å². The predicted octanol–water partition coefficient (Wildman–Crippen LogP) is 1.85. The van der Waals surface area contributed by atoms with Gasteiger partial charge >= 0.3 is 0 Å². The molecule has 2 atom stereocenters. The number of fused-ring (bicyclic) bond motifs is 2. The maximum atomic E-state index is 13.1. The molecule has 182 valence electrons. The van der Waals surface area contributed by atoms with Crippen molar-refractivity contribution < 1.29 is 24.2 Å². The molecule has 10 nitrogen and oxygen atoms in total. The highest BCUT2D eigenvalue weighted by atomic mass is 35.5. The van der Waals surface area contributed by atoms with Gasteiger partial charge in [0.05, 0.1) is 6.61 Å². The third-order valence-electron chi connectivity index (χ3n) is 6.04. The molecular formula is C24H24ClN5O5. The maximum absolute atomic E-state index is 13.1. The number of hydrogen-bond acceptors (Lipinski definition) is 7. The molecule has 0 saturated carbocycles. The van der Waals surface area contributed by atoms with Gasteiger partial charge in [0.25, 0.3) is 11.8 Å². The topological polar surface area (TPSA) is 147 Å². The fourth-order valence-electron chi connectivity index (χ4n) is 4.25. The van der Waals surface area contributed by atoms with Gasteiger partial charge in [-0.25, -0.2) is 4.98 Å². The van der Waals surface area contributed by atoms with Gasteiger partial charge in [-0.2, -0.15) is 0 Å². The first-order valence-corrected chi connectivity index (χ1v) is 10.9. The Hall–Kier alpha value is -3.73. The standard InChI is InChI=1S/C24H23N5O5.ClH/c25-22-17-5-3-15(11-14(17)7-8-26-22)27-23(32)20(31)21-24(33)29(9-10-34-21)16-4-1-13-2-6-19(30)28-18(13)12-16;/h1,3-5,7-8,11-12,20-21,31H,2,6,9-10H2,(H2,25,26)(H,27,32)(H,28,30);1H/t20-,21-;/m1./s1. The molecule has 35 heavy (non-hydrogen) atoms. The number of nitrogens with two attached hydrogens (primary N) is 1. The molecule has 1 saturated heterocycles. The summed E-state index contributed by atoms with van der Waals surface area (Å²) in [6.07, 6.45) is -0.454. The molecule has 3 heterocycles. The fraction of sp³-hybridized carbons (Fsp3) is 0.250. The molecule has 1 aromatic heterocycles. The molecule has 0 spiro atoms. The van der Waals surface area contributed by atoms with Crippen LogP contribution in [-0.4, -0.2) is 53.2 Å². The van der Waals surface area contributed by atoms with Crippen LogP contribution in [0.5, 0.6) is 0 Å². The second kappa shape index (κ2) is 9.87. The molecule has 3 amide bonds. The largest absolute Gasteiger partial charge is 0.383 e. The summed E-state index contributed by atoms with van der Waals surface area (Å²) in [7, 11) is 0. The summed E-state index contributed by atoms with van der Waals surface area (Å²) in [5.41, 5.74) is 8.51. The number of halogens is 1. The lowest BCUT2D eigenvalue weighted by atomic mass is 10.0. The Morgan fingerprint density at radius 1 is 1.20 bits per heavy atom. The Morgan fingerprint density at radius 3 is 2.86 bits per heavy atom. The highest BCUT2D eigenvalue weighted by Gasteiger charge is 2.39. The number of morpholine rings is 1. The molecule has 2 aromatic carbocycles. The molecule has 5 rings (SSSR count). The highest BCUT2D eigenvalue weighted by molar-refractivity contribution is 6.05. The van der Waals surface area contributed by atoms with E-state index in [-0.39, 0.29) is 31.5 Å². The number of nitrogens with one attached hydrogen (secondary N) is 2. The predicted molar refractivity (Wildman–Crippen MR) is 134 cm³/mol. The smallest absolute Gasteiger partial charge is 0.259 e. The quantitative estimate of drug-likeness (QED) is 0.430. The maximum Gasteiger partial charge on any atom is 0.259 e. The number of rotatable bonds is 4. The number of nitrogens with zero attached hydrogens (tertiary/aromatic N) is 2. The van der Waals surface area contributed by atoms with Gasteiger partial charge in [0, 0.05) is 41.6 Å². The lowest BCUT2D eigenvalue weighted by Gasteiger charge is -2.34. The van der Waals surface area contributed by atoms with E-state index in [1.807, 2.05) is 6.07 Å². The number of amides is 3. The number of benzene rings is 2. The van der Waals surface area contributed by atoms with E-state index in [0.29, 0.717) is 35.7 Å². The normalized spacial score (nSPS) is 18.3. The molecule has 2 aliphatic heterocycles. The summed E-state index contributed by atoms with van der Waals surface area (Å²) in [5.74, 6) is -0.998. The summed E-state index contributed by atoms with van der Waals surface area (Å²) in [6.45, 7) is 0.406. The SMILES string of the molecule is Cl.Nc1nccc2cc(NC(=O)[C@H](O)[C@H]3OCCN(c4ccc5c(c4)NC(=O)CC5)C3=O)ccc12. The number of hydrogen-bond donors (Lipinski definition) is 4. The van der Waals surface area contributed by atoms with Crippen molar-refractivity contribution in [2.75, 3.05) is 34.4 Å². The summed E-state index contributed by atoms with van der Waals surface area (Å²) < 4.78 is 5.48. The van der Waals surface area contributed by atoms with Crippen LogP contribution in [0.4, 0.5) is 22.9 Å². The van der Waals surface area contributed by atoms with Crippen molar-refractivity contribution in [2.24, 2.45) is 0 Å². The minimum Gasteiger partial charge on any atom is -0.383 e. The monoisotopic (exact) mass is 497 g/mol. The number of anilines is 4. The van der Waals surface area contributed by atoms with Crippen LogP contribution >= 0.6 is 12.4 Å². The third-order valence-corrected chi connectivity index (χ3v) is 6.04. The molecule has 0 radical (unpaired) electrons. The number of aliphatic hydroxyl groups is 1. The number of aryl methyl sites for hydroxylation is 1. The fourth-order valence-corrected chi connectivity index (χ4v) is 4.25. The van der Waals surface area contributed by atoms with Crippen LogP contribution in [0.2, 0.25) is 0 Å². The Kier molecular flexibility index (Phi) is 6.88. The second-order valence-corrected chi connectivity index (χ2v) is 8.24. The first-order valence-electron chi connectivity index (χ1n) is 10.9. The van der Waals surface area contributed by atoms with Crippen molar-refractivity contribution in [3.63, 3.8) is 0 Å². The van der Waals surface area contributed by atoms with Crippen LogP contribution < -0.4 is 21.3 Å². The molecule has 1 fully saturated rings. The Morgan fingerprint density at radius 2 is 2.03 bits per heavy atom. The van der Waals surface area contributed by atoms with E-state index in [1.165, 1.54) is 4.90 Å². The number of aromatic nitrogens is 1. The number of pyridine rings is 1. The van der Waals surface area contributed by atoms with Gasteiger partial charge in [-0.1, -0.05) is 6.07 Å². The van der Waals surface area contributed by atoms with E-state index in [9.17, 15) is 19.5 Å². The van der Waals surface area contributed by atoms with Crippen molar-refractivity contribution in [3.8, 4) is 0 Å². The first kappa shape index (κ1) is 24.4. The van der Waals surface area contributed by atoms with Crippen molar-refractivity contribution in [1.82, 2.24) is 4.98 Å². The van der Waals surface area contributed by atoms with Gasteiger partial charge < -0.3 is 31.1 Å². The number of ether oxygens (including phenoxy) is 1. The van der Waals surface area contributed by atoms with Crippen LogP contribution in [0, 0.1) is 0 Å². The summed E-state index contributed by atoms with van der Waals surface area (Å²) in [6, 6.07) is 12.2. The highest BCUT2D eigenvalue weighted by Crippen LogP contribution is 2.30. The van der Waals surface area contributed by atoms with E-state index in [4.69, 9.17) is 10.5 Å². The van der Waals surface area contributed by atoms with Gasteiger partial charge in [0.1, 0.15) is 5.82 Å². The molecule has 5 N–H and O–H groups in total. The Labute approximate surface area is 206 Å². The zero-order chi connectivity index (χ0) is 23.8. The minimum absolute atomic E-state index is 0. The molecular weight excluding hydrogens is 474 g/mol. The van der Waals surface area contributed by atoms with Crippen molar-refractivity contribution in [1.29, 1.82) is 0 Å². The summed E-state index contributed by atoms with van der Waals surface area (Å²) in [4.78, 5) is 43.1. The molecule has 0 unspecified atom stereocenters. The second-order valence-electron chi connectivity index (χ2n) is 8.24. The van der Waals surface area contributed by atoms with Gasteiger partial charge in [-0.05, 0) is 53.8 Å². The average Bonchev–Trinajstić information content (AvgIpc) is 2.83. The van der Waals surface area contributed by atoms with Crippen LogP contribution in [0.3, 0.4) is 0 Å². The number of aliphatic hydroxyl groups excluding tert-OH is 1. The van der Waals surface area contributed by atoms with E-state index in [0.717, 1.165) is 16.3 Å². The first-order chi connectivity index (χ1) is 16.4. The van der Waals surface area contributed by atoms with Crippen LogP contribution in [0.1, 0.15) is 12.0 Å². The van der Waals surface area contributed by atoms with Gasteiger partial charge in [-0.15, -0.1) is 12.4 Å². The minimum atomic E-state index is -1.72. The molecule has 0 aliphatic carbocycles. The van der Waals surface area contributed by atoms with Gasteiger partial charge in [-0.3, -0.25) is 14.4 Å². The molecule has 11 heteroatoms. The number of nitrogen functional groups attached to an aromatic ring is 1. The number of carbonyl (C=O) groups excluding carboxylic acids is 3. The molecule has 3 aromatic rings. The lowest BCUT2D eigenvalue weighted by Crippen LogP contribution is -2.55. The zero-order valence-corrected chi connectivity index (χ0v) is 19.4. The van der Waals surface area contributed by atoms with Crippen LogP contribution in [0.15, 0.2) is 48.7 Å². The van der Waals surface area contributed by atoms with Crippen LogP contribution in [-0.2, 0) is 25.5 Å². The third kappa shape index (κ3) is 4.76. The van der Waals surface area contributed by atoms with E-state index in [2.05, 4.69) is 15.6 Å². The average molecular weight is 498 g/mol. The Balaban J connectivity index is 0.00000289. The van der Waals surface area contributed by atoms with E-state index >= 15 is 0 Å². The van der Waals surface area contributed by atoms with E-state index < -0.39 is 24.0 Å². The van der Waals surface area contributed by atoms with Crippen LogP contribution in [0.25, 0.3) is 10.8 Å². The van der Waals surface area contributed by atoms with Crippen molar-refractivity contribution in [2.45, 2.75) is 25.0 Å². The Bertz CT molecular complexity index is 1320. The van der Waals surface area contributed by atoms with Gasteiger partial charge in [0.15, 0.2) is 12.2 Å². The number of carbonyl (C=O) groups is 3. The summed E-state index contributed by atoms with van der Waals surface area (Å²) >= 11 is 0. The zero-order valence-electron chi connectivity index (χ0n) is 18.6. The summed E-state index contributed by atoms with van der Waals surface area (Å²) in [5, 5.41) is 17.6. The molecule has 2 aliphatic rings. The van der Waals surface area contributed by atoms with Gasteiger partial charge in [0.2, 0.25) is 5.91 Å². The van der Waals surface area contributed by atoms with Crippen molar-refractivity contribution in [3.05, 3.63) is 54.2 Å².